The van der Waals surface area contributed by atoms with Crippen molar-refractivity contribution in [3.8, 4) is 0 Å². The van der Waals surface area contributed by atoms with Crippen LogP contribution in [0.4, 0.5) is 0 Å². The molecule has 0 spiro atoms. The maximum absolute atomic E-state index is 12.7. The molecule has 0 radical (unpaired) electrons. The molecule has 4 nitrogen and oxygen atoms in total. The fourth-order valence-electron chi connectivity index (χ4n) is 4.13. The molecule has 22 heavy (non-hydrogen) atoms. The van der Waals surface area contributed by atoms with Gasteiger partial charge < -0.3 is 9.80 Å². The lowest BCUT2D eigenvalue weighted by Crippen LogP contribution is -2.45. The van der Waals surface area contributed by atoms with Crippen LogP contribution in [-0.2, 0) is 9.59 Å². The number of hydrogen-bond donors (Lipinski definition) is 0. The Bertz CT molecular complexity index is 429. The van der Waals surface area contributed by atoms with E-state index in [1.807, 2.05) is 4.90 Å². The van der Waals surface area contributed by atoms with E-state index >= 15 is 0 Å². The monoisotopic (exact) mass is 306 g/mol. The highest BCUT2D eigenvalue weighted by Crippen LogP contribution is 2.43. The standard InChI is InChI=1S/C18H30N2O2/c1-3-14-6-4-5-9-20(14)18(22)16-12-15(16)17(21)19-10-7-13(2)8-11-19/h13-16H,3-12H2,1-2H3. The Morgan fingerprint density at radius 2 is 1.64 bits per heavy atom. The number of piperidine rings is 2. The highest BCUT2D eigenvalue weighted by molar-refractivity contribution is 5.92. The molecule has 1 aliphatic carbocycles. The topological polar surface area (TPSA) is 40.6 Å². The van der Waals surface area contributed by atoms with Crippen molar-refractivity contribution in [2.24, 2.45) is 17.8 Å². The van der Waals surface area contributed by atoms with E-state index in [4.69, 9.17) is 0 Å². The van der Waals surface area contributed by atoms with Crippen molar-refractivity contribution >= 4 is 11.8 Å². The molecule has 0 N–H and O–H groups in total. The largest absolute Gasteiger partial charge is 0.342 e. The molecule has 3 fully saturated rings. The molecule has 0 aromatic carbocycles. The van der Waals surface area contributed by atoms with Crippen molar-refractivity contribution in [3.05, 3.63) is 0 Å². The van der Waals surface area contributed by atoms with Crippen LogP contribution < -0.4 is 0 Å². The predicted molar refractivity (Wildman–Crippen MR) is 86.2 cm³/mol. The number of hydrogen-bond acceptors (Lipinski definition) is 2. The van der Waals surface area contributed by atoms with Gasteiger partial charge >= 0.3 is 0 Å². The van der Waals surface area contributed by atoms with Crippen LogP contribution in [0, 0.1) is 17.8 Å². The number of carbonyl (C=O) groups is 2. The van der Waals surface area contributed by atoms with Gasteiger partial charge in [-0.25, -0.2) is 0 Å². The van der Waals surface area contributed by atoms with Gasteiger partial charge in [0, 0.05) is 25.7 Å². The molecule has 2 saturated heterocycles. The molecular weight excluding hydrogens is 276 g/mol. The Balaban J connectivity index is 1.54. The molecule has 4 heteroatoms. The molecule has 3 rings (SSSR count). The molecule has 3 atom stereocenters. The average molecular weight is 306 g/mol. The Labute approximate surface area is 134 Å². The first-order chi connectivity index (χ1) is 10.6. The highest BCUT2D eigenvalue weighted by Gasteiger charge is 2.51. The molecule has 124 valence electrons. The maximum Gasteiger partial charge on any atom is 0.226 e. The first-order valence-corrected chi connectivity index (χ1v) is 9.21. The van der Waals surface area contributed by atoms with Crippen LogP contribution >= 0.6 is 0 Å². The van der Waals surface area contributed by atoms with Crippen LogP contribution in [0.1, 0.15) is 58.8 Å². The van der Waals surface area contributed by atoms with Crippen molar-refractivity contribution in [2.45, 2.75) is 64.8 Å². The van der Waals surface area contributed by atoms with Gasteiger partial charge in [-0.15, -0.1) is 0 Å². The van der Waals surface area contributed by atoms with Crippen LogP contribution in [0.5, 0.6) is 0 Å². The van der Waals surface area contributed by atoms with Crippen LogP contribution in [-0.4, -0.2) is 47.3 Å². The summed E-state index contributed by atoms with van der Waals surface area (Å²) < 4.78 is 0. The number of likely N-dealkylation sites (tertiary alicyclic amines) is 2. The van der Waals surface area contributed by atoms with Gasteiger partial charge in [-0.1, -0.05) is 13.8 Å². The Morgan fingerprint density at radius 3 is 2.32 bits per heavy atom. The zero-order valence-electron chi connectivity index (χ0n) is 14.1. The molecule has 0 bridgehead atoms. The molecule has 2 aliphatic heterocycles. The summed E-state index contributed by atoms with van der Waals surface area (Å²) in [5.41, 5.74) is 0. The summed E-state index contributed by atoms with van der Waals surface area (Å²) in [5, 5.41) is 0. The van der Waals surface area contributed by atoms with Crippen molar-refractivity contribution in [1.29, 1.82) is 0 Å². The first-order valence-electron chi connectivity index (χ1n) is 9.21. The van der Waals surface area contributed by atoms with Gasteiger partial charge in [-0.05, 0) is 50.9 Å². The van der Waals surface area contributed by atoms with Gasteiger partial charge in [0.1, 0.15) is 0 Å². The van der Waals surface area contributed by atoms with Crippen molar-refractivity contribution in [1.82, 2.24) is 9.80 Å². The SMILES string of the molecule is CCC1CCCCN1C(=O)C1CC1C(=O)N1CCC(C)CC1. The van der Waals surface area contributed by atoms with Crippen LogP contribution in [0.3, 0.4) is 0 Å². The van der Waals surface area contributed by atoms with Gasteiger partial charge in [-0.2, -0.15) is 0 Å². The number of amides is 2. The molecule has 2 heterocycles. The molecule has 3 aliphatic rings. The fraction of sp³-hybridized carbons (Fsp3) is 0.889. The van der Waals surface area contributed by atoms with Crippen LogP contribution in [0.15, 0.2) is 0 Å². The smallest absolute Gasteiger partial charge is 0.226 e. The van der Waals surface area contributed by atoms with Gasteiger partial charge in [0.25, 0.3) is 0 Å². The van der Waals surface area contributed by atoms with E-state index in [1.165, 1.54) is 6.42 Å². The Hall–Kier alpha value is -1.06. The summed E-state index contributed by atoms with van der Waals surface area (Å²) in [6, 6.07) is 0.411. The molecule has 2 amide bonds. The Morgan fingerprint density at radius 1 is 0.955 bits per heavy atom. The predicted octanol–water partition coefficient (Wildman–Crippen LogP) is 2.67. The minimum absolute atomic E-state index is 0.0136. The molecule has 3 unspecified atom stereocenters. The molecule has 0 aromatic rings. The van der Waals surface area contributed by atoms with E-state index in [0.717, 1.165) is 64.1 Å². The van der Waals surface area contributed by atoms with Crippen LogP contribution in [0.25, 0.3) is 0 Å². The van der Waals surface area contributed by atoms with Crippen LogP contribution in [0.2, 0.25) is 0 Å². The second kappa shape index (κ2) is 6.59. The zero-order valence-corrected chi connectivity index (χ0v) is 14.1. The third-order valence-corrected chi connectivity index (χ3v) is 5.90. The lowest BCUT2D eigenvalue weighted by molar-refractivity contribution is -0.140. The summed E-state index contributed by atoms with van der Waals surface area (Å²) >= 11 is 0. The summed E-state index contributed by atoms with van der Waals surface area (Å²) in [4.78, 5) is 29.4. The average Bonchev–Trinajstić information content (AvgIpc) is 3.35. The van der Waals surface area contributed by atoms with Crippen molar-refractivity contribution in [2.75, 3.05) is 19.6 Å². The van der Waals surface area contributed by atoms with E-state index in [9.17, 15) is 9.59 Å². The minimum atomic E-state index is -0.0148. The van der Waals surface area contributed by atoms with Crippen molar-refractivity contribution < 1.29 is 9.59 Å². The van der Waals surface area contributed by atoms with E-state index in [-0.39, 0.29) is 23.7 Å². The van der Waals surface area contributed by atoms with Crippen molar-refractivity contribution in [3.63, 3.8) is 0 Å². The van der Waals surface area contributed by atoms with E-state index in [2.05, 4.69) is 18.7 Å². The maximum atomic E-state index is 12.7. The quantitative estimate of drug-likeness (QED) is 0.804. The van der Waals surface area contributed by atoms with Gasteiger partial charge in [0.05, 0.1) is 11.8 Å². The summed E-state index contributed by atoms with van der Waals surface area (Å²) in [5.74, 6) is 1.21. The van der Waals surface area contributed by atoms with E-state index in [0.29, 0.717) is 6.04 Å². The van der Waals surface area contributed by atoms with Gasteiger partial charge in [-0.3, -0.25) is 9.59 Å². The zero-order chi connectivity index (χ0) is 15.7. The number of rotatable bonds is 3. The highest BCUT2D eigenvalue weighted by atomic mass is 16.2. The molecular formula is C18H30N2O2. The Kier molecular flexibility index (Phi) is 4.74. The third kappa shape index (κ3) is 3.16. The third-order valence-electron chi connectivity index (χ3n) is 5.90. The lowest BCUT2D eigenvalue weighted by atomic mass is 9.98. The summed E-state index contributed by atoms with van der Waals surface area (Å²) in [6.07, 6.45) is 7.55. The normalized spacial score (nSPS) is 32.9. The summed E-state index contributed by atoms with van der Waals surface area (Å²) in [7, 11) is 0. The van der Waals surface area contributed by atoms with Gasteiger partial charge in [0.15, 0.2) is 0 Å². The fourth-order valence-corrected chi connectivity index (χ4v) is 4.13. The molecule has 0 aromatic heterocycles. The second-order valence-corrected chi connectivity index (χ2v) is 7.55. The first kappa shape index (κ1) is 15.8. The lowest BCUT2D eigenvalue weighted by Gasteiger charge is -2.35. The van der Waals surface area contributed by atoms with E-state index < -0.39 is 0 Å². The number of carbonyl (C=O) groups excluding carboxylic acids is 2. The second-order valence-electron chi connectivity index (χ2n) is 7.55. The van der Waals surface area contributed by atoms with Gasteiger partial charge in [0.2, 0.25) is 11.8 Å². The minimum Gasteiger partial charge on any atom is -0.342 e. The summed E-state index contributed by atoms with van der Waals surface area (Å²) in [6.45, 7) is 7.10. The number of nitrogens with zero attached hydrogens (tertiary/aromatic N) is 2. The van der Waals surface area contributed by atoms with E-state index in [1.54, 1.807) is 0 Å². The molecule has 1 saturated carbocycles.